The van der Waals surface area contributed by atoms with E-state index in [0.29, 0.717) is 25.7 Å². The summed E-state index contributed by atoms with van der Waals surface area (Å²) in [4.78, 5) is 51.7. The molecule has 12 nitrogen and oxygen atoms in total. The van der Waals surface area contributed by atoms with E-state index < -0.39 is 81.3 Å². The predicted octanol–water partition coefficient (Wildman–Crippen LogP) is 7.49. The third kappa shape index (κ3) is 7.98. The number of Topliss-reactive ketones (excluding diaryl/α,β-unsaturated/α-hetero) is 2. The van der Waals surface area contributed by atoms with Crippen LogP contribution >= 0.6 is 0 Å². The number of rotatable bonds is 9. The molecule has 0 heterocycles. The van der Waals surface area contributed by atoms with Gasteiger partial charge in [0.15, 0.2) is 6.61 Å². The van der Waals surface area contributed by atoms with Gasteiger partial charge in [0.1, 0.15) is 30.4 Å². The van der Waals surface area contributed by atoms with Crippen molar-refractivity contribution < 1.29 is 56.6 Å². The average Bonchev–Trinajstić information content (AvgIpc) is 3.81. The van der Waals surface area contributed by atoms with Gasteiger partial charge in [0.2, 0.25) is 0 Å². The van der Waals surface area contributed by atoms with E-state index in [1.807, 2.05) is 34.6 Å². The smallest absolute Gasteiger partial charge is 0.333 e. The molecular formula is C51H74O12S. The number of ketones is 2. The van der Waals surface area contributed by atoms with Crippen LogP contribution in [-0.4, -0.2) is 84.9 Å². The van der Waals surface area contributed by atoms with Crippen molar-refractivity contribution in [1.82, 2.24) is 0 Å². The Balaban J connectivity index is 0.000000223. The van der Waals surface area contributed by atoms with Crippen LogP contribution in [0.5, 0.6) is 0 Å². The van der Waals surface area contributed by atoms with E-state index in [1.54, 1.807) is 24.3 Å². The van der Waals surface area contributed by atoms with Gasteiger partial charge >= 0.3 is 11.9 Å². The first-order chi connectivity index (χ1) is 29.8. The van der Waals surface area contributed by atoms with Crippen LogP contribution in [0.4, 0.5) is 0 Å². The Bertz CT molecular complexity index is 2100. The molecule has 0 aliphatic heterocycles. The van der Waals surface area contributed by atoms with Crippen molar-refractivity contribution in [3.63, 3.8) is 0 Å². The highest BCUT2D eigenvalue weighted by Gasteiger charge is 2.70. The molecule has 1 aromatic rings. The van der Waals surface area contributed by atoms with Crippen molar-refractivity contribution in [3.8, 4) is 0 Å². The molecule has 2 unspecified atom stereocenters. The summed E-state index contributed by atoms with van der Waals surface area (Å²) in [6, 6.07) is 6.17. The molecule has 0 saturated heterocycles. The molecule has 6 aliphatic carbocycles. The molecule has 356 valence electrons. The van der Waals surface area contributed by atoms with Crippen molar-refractivity contribution in [1.29, 1.82) is 0 Å². The second-order valence-corrected chi connectivity index (χ2v) is 23.4. The lowest BCUT2D eigenvalue weighted by atomic mass is 9.44. The van der Waals surface area contributed by atoms with Gasteiger partial charge in [-0.15, -0.1) is 13.2 Å². The predicted molar refractivity (Wildman–Crippen MR) is 241 cm³/mol. The first-order valence-electron chi connectivity index (χ1n) is 23.4. The summed E-state index contributed by atoms with van der Waals surface area (Å²) in [5.41, 5.74) is -2.34. The van der Waals surface area contributed by atoms with Gasteiger partial charge in [0, 0.05) is 46.3 Å². The number of aliphatic hydroxyl groups excluding tert-OH is 3. The van der Waals surface area contributed by atoms with Crippen molar-refractivity contribution in [2.75, 3.05) is 13.2 Å². The highest BCUT2D eigenvalue weighted by atomic mass is 32.2. The molecule has 0 aromatic heterocycles. The lowest BCUT2D eigenvalue weighted by Gasteiger charge is -2.61. The third-order valence-corrected chi connectivity index (χ3v) is 20.2. The molecule has 0 radical (unpaired) electrons. The molecule has 3 N–H and O–H groups in total. The summed E-state index contributed by atoms with van der Waals surface area (Å²) < 4.78 is 42.1. The average molecular weight is 911 g/mol. The van der Waals surface area contributed by atoms with E-state index >= 15 is 0 Å². The highest BCUT2D eigenvalue weighted by Crippen LogP contribution is 2.69. The number of aryl methyl sites for hydroxylation is 1. The number of benzene rings is 1. The molecule has 16 atom stereocenters. The lowest BCUT2D eigenvalue weighted by Crippen LogP contribution is -2.63. The van der Waals surface area contributed by atoms with Gasteiger partial charge in [0.05, 0.1) is 17.1 Å². The van der Waals surface area contributed by atoms with Gasteiger partial charge in [-0.05, 0) is 105 Å². The topological polar surface area (TPSA) is 191 Å². The Hall–Kier alpha value is -3.23. The molecule has 13 heteroatoms. The van der Waals surface area contributed by atoms with Crippen molar-refractivity contribution in [2.45, 2.75) is 156 Å². The summed E-state index contributed by atoms with van der Waals surface area (Å²) in [6.07, 6.45) is 7.47. The molecular weight excluding hydrogens is 837 g/mol. The summed E-state index contributed by atoms with van der Waals surface area (Å²) in [5, 5.41) is 32.2. The maximum absolute atomic E-state index is 13.4. The fraction of sp³-hybridized carbons (Fsp3) is 0.725. The zero-order valence-corrected chi connectivity index (χ0v) is 40.4. The summed E-state index contributed by atoms with van der Waals surface area (Å²) >= 11 is 0. The van der Waals surface area contributed by atoms with Gasteiger partial charge in [0.25, 0.3) is 10.1 Å². The van der Waals surface area contributed by atoms with E-state index in [2.05, 4.69) is 40.9 Å². The van der Waals surface area contributed by atoms with Gasteiger partial charge in [-0.25, -0.2) is 9.59 Å². The van der Waals surface area contributed by atoms with E-state index in [9.17, 15) is 42.9 Å². The number of carbonyl (C=O) groups excluding carboxylic acids is 4. The number of hydrogen-bond donors (Lipinski definition) is 3. The van der Waals surface area contributed by atoms with Crippen LogP contribution in [0.2, 0.25) is 0 Å². The lowest BCUT2D eigenvalue weighted by molar-refractivity contribution is -0.207. The Morgan fingerprint density at radius 1 is 0.719 bits per heavy atom. The second kappa shape index (κ2) is 17.8. The number of hydrogen-bond acceptors (Lipinski definition) is 12. The number of esters is 2. The fourth-order valence-electron chi connectivity index (χ4n) is 14.3. The first kappa shape index (κ1) is 50.2. The fourth-order valence-corrected chi connectivity index (χ4v) is 15.1. The van der Waals surface area contributed by atoms with Crippen LogP contribution in [0.3, 0.4) is 0 Å². The standard InChI is InChI=1S/C29H40O7S.C22H34O5/c1-7-27(5)16-23(36-24(31)17-35-37(33,34)21-10-8-18(2)9-11-21)28(6)19(3)12-14-29(20(4)26(27)32)15-13-22(30)25(28)29;1-6-20(4)11-16(27-17(25)12-23)21(5)13(2)7-9-22(14(3)19(20)26)10-8-15(24)18(21)22/h7-11,19-20,23,25-26,32H,1,12-17H2,2-6H3;6,13-14,16,18-19,23,26H,1,7-12H2,2-5H3/t19?,20-,23+,25-,26-,27+,28-,29-;13?,14-,16+,18-,19-,20+,21-,22-/m00/s1. The number of aliphatic hydroxyl groups is 3. The zero-order valence-electron chi connectivity index (χ0n) is 39.6. The minimum Gasteiger partial charge on any atom is -0.460 e. The summed E-state index contributed by atoms with van der Waals surface area (Å²) in [7, 11) is -4.15. The van der Waals surface area contributed by atoms with Crippen LogP contribution < -0.4 is 0 Å². The zero-order chi connectivity index (χ0) is 47.6. The maximum Gasteiger partial charge on any atom is 0.333 e. The van der Waals surface area contributed by atoms with Gasteiger partial charge in [-0.1, -0.05) is 85.2 Å². The minimum absolute atomic E-state index is 0.0394. The van der Waals surface area contributed by atoms with Crippen LogP contribution in [0.15, 0.2) is 54.5 Å². The molecule has 6 fully saturated rings. The van der Waals surface area contributed by atoms with Crippen molar-refractivity contribution in [2.24, 2.45) is 68.0 Å². The normalized spacial score (nSPS) is 44.0. The van der Waals surface area contributed by atoms with Crippen molar-refractivity contribution in [3.05, 3.63) is 55.1 Å². The third-order valence-electron chi connectivity index (χ3n) is 18.9. The van der Waals surface area contributed by atoms with Crippen LogP contribution in [0, 0.1) is 74.9 Å². The van der Waals surface area contributed by atoms with Gasteiger partial charge in [-0.3, -0.25) is 13.8 Å². The molecule has 0 amide bonds. The Morgan fingerprint density at radius 3 is 1.52 bits per heavy atom. The van der Waals surface area contributed by atoms with E-state index in [1.165, 1.54) is 12.1 Å². The van der Waals surface area contributed by atoms with Crippen LogP contribution in [-0.2, 0) is 43.0 Å². The Kier molecular flexibility index (Phi) is 13.9. The van der Waals surface area contributed by atoms with Gasteiger partial charge < -0.3 is 24.8 Å². The molecule has 6 aliphatic rings. The molecule has 64 heavy (non-hydrogen) atoms. The number of ether oxygens (including phenoxy) is 2. The molecule has 7 rings (SSSR count). The largest absolute Gasteiger partial charge is 0.460 e. The Morgan fingerprint density at radius 2 is 1.12 bits per heavy atom. The number of carbonyl (C=O) groups is 4. The second-order valence-electron chi connectivity index (χ2n) is 21.8. The van der Waals surface area contributed by atoms with E-state index in [4.69, 9.17) is 13.7 Å². The Labute approximate surface area is 381 Å². The molecule has 6 saturated carbocycles. The SMILES string of the molecule is C=C[C@]1(C)C[C@@H](OC(=O)CO)[C@]2(C)C(C)CC[C@]3(CCC(=O)[C@H]32)[C@@H](C)[C@@H]1O.C=C[C@]1(C)C[C@@H](OC(=O)COS(=O)(=O)c2ccc(C)cc2)[C@]2(C)C(C)CC[C@]3(CCC(=O)[C@H]32)[C@@H](C)[C@@H]1O. The monoisotopic (exact) mass is 910 g/mol. The minimum atomic E-state index is -4.15. The van der Waals surface area contributed by atoms with Crippen molar-refractivity contribution >= 4 is 33.6 Å². The highest BCUT2D eigenvalue weighted by molar-refractivity contribution is 7.86. The van der Waals surface area contributed by atoms with E-state index in [0.717, 1.165) is 37.7 Å². The maximum atomic E-state index is 13.4. The van der Waals surface area contributed by atoms with E-state index in [-0.39, 0.29) is 69.2 Å². The molecule has 1 aromatic carbocycles. The quantitative estimate of drug-likeness (QED) is 0.126. The summed E-state index contributed by atoms with van der Waals surface area (Å²) in [5.74, 6) is -1.57. The summed E-state index contributed by atoms with van der Waals surface area (Å²) in [6.45, 7) is 24.7. The van der Waals surface area contributed by atoms with Crippen LogP contribution in [0.1, 0.15) is 125 Å². The van der Waals surface area contributed by atoms with Crippen LogP contribution in [0.25, 0.3) is 0 Å². The van der Waals surface area contributed by atoms with Gasteiger partial charge in [-0.2, -0.15) is 8.42 Å². The first-order valence-corrected chi connectivity index (χ1v) is 24.8. The molecule has 4 bridgehead atoms. The molecule has 0 spiro atoms.